The van der Waals surface area contributed by atoms with Gasteiger partial charge in [0.1, 0.15) is 11.3 Å². The van der Waals surface area contributed by atoms with Crippen LogP contribution in [0, 0.1) is 5.82 Å². The van der Waals surface area contributed by atoms with E-state index in [0.29, 0.717) is 17.2 Å². The topological polar surface area (TPSA) is 63.8 Å². The molecule has 112 valence electrons. The van der Waals surface area contributed by atoms with Gasteiger partial charge in [0, 0.05) is 23.6 Å². The lowest BCUT2D eigenvalue weighted by atomic mass is 10.1. The van der Waals surface area contributed by atoms with Gasteiger partial charge in [-0.2, -0.15) is 0 Å². The molecule has 4 rings (SSSR count). The van der Waals surface area contributed by atoms with E-state index in [1.54, 1.807) is 24.5 Å². The normalized spacial score (nSPS) is 10.8. The van der Waals surface area contributed by atoms with E-state index in [-0.39, 0.29) is 5.82 Å². The molecule has 0 radical (unpaired) electrons. The number of hydrogen-bond donors (Lipinski definition) is 1. The number of halogens is 1. The summed E-state index contributed by atoms with van der Waals surface area (Å²) in [7, 11) is 0. The second-order valence-corrected chi connectivity index (χ2v) is 4.97. The van der Waals surface area contributed by atoms with Gasteiger partial charge in [-0.15, -0.1) is 0 Å². The third-order valence-corrected chi connectivity index (χ3v) is 3.40. The highest BCUT2D eigenvalue weighted by molar-refractivity contribution is 5.79. The number of anilines is 2. The van der Waals surface area contributed by atoms with E-state index < -0.39 is 0 Å². The molecule has 2 aromatic carbocycles. The lowest BCUT2D eigenvalue weighted by Gasteiger charge is -2.06. The summed E-state index contributed by atoms with van der Waals surface area (Å²) in [6.45, 7) is 0. The van der Waals surface area contributed by atoms with Crippen molar-refractivity contribution < 1.29 is 8.81 Å². The first-order valence-corrected chi connectivity index (χ1v) is 6.96. The fourth-order valence-electron chi connectivity index (χ4n) is 2.27. The molecule has 0 aliphatic heterocycles. The van der Waals surface area contributed by atoms with Gasteiger partial charge in [-0.3, -0.25) is 0 Å². The van der Waals surface area contributed by atoms with Gasteiger partial charge in [-0.05, 0) is 35.9 Å². The first-order valence-electron chi connectivity index (χ1n) is 6.96. The molecule has 0 fully saturated rings. The van der Waals surface area contributed by atoms with Crippen molar-refractivity contribution in [2.24, 2.45) is 0 Å². The molecule has 0 spiro atoms. The number of aromatic nitrogens is 3. The van der Waals surface area contributed by atoms with Crippen LogP contribution in [0.1, 0.15) is 0 Å². The molecule has 6 heteroatoms. The molecule has 2 heterocycles. The van der Waals surface area contributed by atoms with Crippen molar-refractivity contribution in [1.29, 1.82) is 0 Å². The van der Waals surface area contributed by atoms with Crippen LogP contribution in [0.3, 0.4) is 0 Å². The number of nitrogens with zero attached hydrogens (tertiary/aromatic N) is 3. The minimum atomic E-state index is -0.313. The molecule has 0 aliphatic rings. The van der Waals surface area contributed by atoms with E-state index in [9.17, 15) is 4.39 Å². The Morgan fingerprint density at radius 3 is 2.61 bits per heavy atom. The molecule has 4 aromatic rings. The minimum absolute atomic E-state index is 0.313. The Kier molecular flexibility index (Phi) is 3.20. The van der Waals surface area contributed by atoms with Crippen LogP contribution in [-0.4, -0.2) is 15.0 Å². The molecule has 5 nitrogen and oxygen atoms in total. The third-order valence-electron chi connectivity index (χ3n) is 3.40. The number of hydrogen-bond acceptors (Lipinski definition) is 5. The Bertz CT molecular complexity index is 966. The number of benzene rings is 2. The molecule has 23 heavy (non-hydrogen) atoms. The molecule has 0 atom stereocenters. The maximum Gasteiger partial charge on any atom is 0.227 e. The average molecular weight is 306 g/mol. The summed E-state index contributed by atoms with van der Waals surface area (Å²) in [6, 6.07) is 11.8. The molecular formula is C17H11FN4O. The van der Waals surface area contributed by atoms with Crippen LogP contribution < -0.4 is 5.32 Å². The standard InChI is InChI=1S/C17H11FN4O/c18-13-2-1-3-14(7-13)22-17-19-8-12(9-20-17)11-4-5-15-16(6-11)23-10-21-15/h1-10H,(H,19,20,22). The fourth-order valence-corrected chi connectivity index (χ4v) is 2.27. The number of fused-ring (bicyclic) bond motifs is 1. The van der Waals surface area contributed by atoms with E-state index in [1.807, 2.05) is 18.2 Å². The van der Waals surface area contributed by atoms with Gasteiger partial charge < -0.3 is 9.73 Å². The number of nitrogens with one attached hydrogen (secondary N) is 1. The molecule has 0 aliphatic carbocycles. The Labute approximate surface area is 130 Å². The van der Waals surface area contributed by atoms with Gasteiger partial charge in [0.25, 0.3) is 0 Å². The van der Waals surface area contributed by atoms with Crippen molar-refractivity contribution in [2.75, 3.05) is 5.32 Å². The van der Waals surface area contributed by atoms with Gasteiger partial charge in [0.05, 0.1) is 0 Å². The molecule has 2 aromatic heterocycles. The molecule has 0 saturated heterocycles. The molecule has 1 N–H and O–H groups in total. The number of rotatable bonds is 3. The Morgan fingerprint density at radius 1 is 0.913 bits per heavy atom. The SMILES string of the molecule is Fc1cccc(Nc2ncc(-c3ccc4ncoc4c3)cn2)c1. The Balaban J connectivity index is 1.59. The highest BCUT2D eigenvalue weighted by atomic mass is 19.1. The summed E-state index contributed by atoms with van der Waals surface area (Å²) in [5, 5.41) is 2.96. The highest BCUT2D eigenvalue weighted by Gasteiger charge is 2.05. The third kappa shape index (κ3) is 2.74. The van der Waals surface area contributed by atoms with Crippen LogP contribution >= 0.6 is 0 Å². The lowest BCUT2D eigenvalue weighted by molar-refractivity contribution is 0.602. The van der Waals surface area contributed by atoms with Crippen LogP contribution in [0.2, 0.25) is 0 Å². The van der Waals surface area contributed by atoms with Gasteiger partial charge in [0.2, 0.25) is 5.95 Å². The molecule has 0 bridgehead atoms. The van der Waals surface area contributed by atoms with Crippen LogP contribution in [-0.2, 0) is 0 Å². The van der Waals surface area contributed by atoms with E-state index >= 15 is 0 Å². The van der Waals surface area contributed by atoms with E-state index in [4.69, 9.17) is 4.42 Å². The van der Waals surface area contributed by atoms with Gasteiger partial charge in [0.15, 0.2) is 12.0 Å². The van der Waals surface area contributed by atoms with Crippen molar-refractivity contribution in [1.82, 2.24) is 15.0 Å². The summed E-state index contributed by atoms with van der Waals surface area (Å²) in [5.41, 5.74) is 3.91. The van der Waals surface area contributed by atoms with Gasteiger partial charge in [-0.25, -0.2) is 19.3 Å². The Hall–Kier alpha value is -3.28. The molecule has 0 amide bonds. The zero-order valence-electron chi connectivity index (χ0n) is 11.9. The van der Waals surface area contributed by atoms with E-state index in [0.717, 1.165) is 16.6 Å². The first-order chi connectivity index (χ1) is 11.3. The lowest BCUT2D eigenvalue weighted by Crippen LogP contribution is -1.97. The fraction of sp³-hybridized carbons (Fsp3) is 0. The highest BCUT2D eigenvalue weighted by Crippen LogP contribution is 2.23. The number of oxazole rings is 1. The van der Waals surface area contributed by atoms with Crippen LogP contribution in [0.5, 0.6) is 0 Å². The van der Waals surface area contributed by atoms with Crippen molar-refractivity contribution in [3.05, 3.63) is 67.1 Å². The van der Waals surface area contributed by atoms with Gasteiger partial charge in [-0.1, -0.05) is 12.1 Å². The Morgan fingerprint density at radius 2 is 1.78 bits per heavy atom. The van der Waals surface area contributed by atoms with E-state index in [2.05, 4.69) is 20.3 Å². The quantitative estimate of drug-likeness (QED) is 0.615. The zero-order chi connectivity index (χ0) is 15.6. The molecule has 0 saturated carbocycles. The van der Waals surface area contributed by atoms with Crippen molar-refractivity contribution in [3.63, 3.8) is 0 Å². The van der Waals surface area contributed by atoms with Gasteiger partial charge >= 0.3 is 0 Å². The summed E-state index contributed by atoms with van der Waals surface area (Å²) >= 11 is 0. The molecular weight excluding hydrogens is 295 g/mol. The predicted molar refractivity (Wildman–Crippen MR) is 84.7 cm³/mol. The zero-order valence-corrected chi connectivity index (χ0v) is 11.9. The van der Waals surface area contributed by atoms with Crippen molar-refractivity contribution in [2.45, 2.75) is 0 Å². The monoisotopic (exact) mass is 306 g/mol. The summed E-state index contributed by atoms with van der Waals surface area (Å²) in [5.74, 6) is 0.0899. The van der Waals surface area contributed by atoms with E-state index in [1.165, 1.54) is 18.5 Å². The predicted octanol–water partition coefficient (Wildman–Crippen LogP) is 4.17. The largest absolute Gasteiger partial charge is 0.443 e. The maximum atomic E-state index is 13.2. The average Bonchev–Trinajstić information content (AvgIpc) is 3.03. The summed E-state index contributed by atoms with van der Waals surface area (Å²) in [6.07, 6.45) is 4.81. The molecule has 0 unspecified atom stereocenters. The minimum Gasteiger partial charge on any atom is -0.443 e. The second kappa shape index (κ2) is 5.49. The van der Waals surface area contributed by atoms with Crippen LogP contribution in [0.15, 0.2) is 65.7 Å². The smallest absolute Gasteiger partial charge is 0.227 e. The summed E-state index contributed by atoms with van der Waals surface area (Å²) < 4.78 is 18.5. The second-order valence-electron chi connectivity index (χ2n) is 4.97. The maximum absolute atomic E-state index is 13.2. The summed E-state index contributed by atoms with van der Waals surface area (Å²) in [4.78, 5) is 12.6. The van der Waals surface area contributed by atoms with Crippen molar-refractivity contribution >= 4 is 22.7 Å². The first kappa shape index (κ1) is 13.4. The van der Waals surface area contributed by atoms with Crippen molar-refractivity contribution in [3.8, 4) is 11.1 Å². The van der Waals surface area contributed by atoms with Crippen LogP contribution in [0.25, 0.3) is 22.2 Å². The van der Waals surface area contributed by atoms with Crippen LogP contribution in [0.4, 0.5) is 16.0 Å².